The highest BCUT2D eigenvalue weighted by Crippen LogP contribution is 2.48. The smallest absolute Gasteiger partial charge is 0.407 e. The molecular formula is C26H32BrCl2N3O2S. The van der Waals surface area contributed by atoms with E-state index in [4.69, 9.17) is 32.9 Å². The SMILES string of the molecule is Cc1cc(N2CCC3(CCC[C@H]3NC(=O)OC(C)(C)C)CC2)c(Br)nc1Sc1cccc(Cl)c1Cl. The van der Waals surface area contributed by atoms with E-state index >= 15 is 0 Å². The van der Waals surface area contributed by atoms with Crippen LogP contribution in [0.25, 0.3) is 0 Å². The number of rotatable bonds is 4. The van der Waals surface area contributed by atoms with Crippen molar-refractivity contribution in [2.24, 2.45) is 5.41 Å². The van der Waals surface area contributed by atoms with Crippen molar-refractivity contribution >= 4 is 62.7 Å². The van der Waals surface area contributed by atoms with Gasteiger partial charge in [-0.05, 0) is 98.5 Å². The molecule has 0 unspecified atom stereocenters. The van der Waals surface area contributed by atoms with Crippen LogP contribution in [-0.4, -0.2) is 35.8 Å². The maximum atomic E-state index is 12.4. The maximum Gasteiger partial charge on any atom is 0.407 e. The van der Waals surface area contributed by atoms with Crippen molar-refractivity contribution in [3.05, 3.63) is 44.5 Å². The van der Waals surface area contributed by atoms with E-state index in [1.54, 1.807) is 6.07 Å². The molecule has 5 nitrogen and oxygen atoms in total. The summed E-state index contributed by atoms with van der Waals surface area (Å²) in [5.74, 6) is 0. The fourth-order valence-electron chi connectivity index (χ4n) is 5.16. The number of carbonyl (C=O) groups excluding carboxylic acids is 1. The maximum absolute atomic E-state index is 12.4. The molecule has 1 saturated heterocycles. The van der Waals surface area contributed by atoms with Crippen LogP contribution in [0.4, 0.5) is 10.5 Å². The van der Waals surface area contributed by atoms with Crippen molar-refractivity contribution in [3.8, 4) is 0 Å². The molecule has 2 heterocycles. The summed E-state index contributed by atoms with van der Waals surface area (Å²) >= 11 is 17.8. The Balaban J connectivity index is 1.44. The first-order valence-corrected chi connectivity index (χ1v) is 14.4. The minimum Gasteiger partial charge on any atom is -0.444 e. The first kappa shape index (κ1) is 26.9. The number of anilines is 1. The van der Waals surface area contributed by atoms with Gasteiger partial charge >= 0.3 is 6.09 Å². The lowest BCUT2D eigenvalue weighted by atomic mass is 9.74. The number of aryl methyl sites for hydroxylation is 1. The Hall–Kier alpha value is -1.15. The Kier molecular flexibility index (Phi) is 8.21. The van der Waals surface area contributed by atoms with Gasteiger partial charge in [0.05, 0.1) is 15.7 Å². The summed E-state index contributed by atoms with van der Waals surface area (Å²) in [5.41, 5.74) is 1.85. The van der Waals surface area contributed by atoms with Crippen molar-refractivity contribution in [1.82, 2.24) is 10.3 Å². The molecule has 0 bridgehead atoms. The normalized spacial score (nSPS) is 19.7. The predicted octanol–water partition coefficient (Wildman–Crippen LogP) is 8.27. The van der Waals surface area contributed by atoms with Crippen LogP contribution < -0.4 is 10.2 Å². The van der Waals surface area contributed by atoms with Crippen LogP contribution in [0.15, 0.2) is 38.8 Å². The number of hydrogen-bond donors (Lipinski definition) is 1. The van der Waals surface area contributed by atoms with Gasteiger partial charge in [-0.2, -0.15) is 0 Å². The fraction of sp³-hybridized carbons (Fsp3) is 0.538. The Bertz CT molecular complexity index is 1100. The van der Waals surface area contributed by atoms with Crippen molar-refractivity contribution in [2.75, 3.05) is 18.0 Å². The molecule has 35 heavy (non-hydrogen) atoms. The van der Waals surface area contributed by atoms with Gasteiger partial charge in [-0.1, -0.05) is 47.5 Å². The summed E-state index contributed by atoms with van der Waals surface area (Å²) in [5, 5.41) is 5.17. The zero-order valence-corrected chi connectivity index (χ0v) is 24.5. The summed E-state index contributed by atoms with van der Waals surface area (Å²) in [6.07, 6.45) is 5.07. The number of pyridine rings is 1. The van der Waals surface area contributed by atoms with E-state index in [2.05, 4.69) is 39.1 Å². The first-order valence-electron chi connectivity index (χ1n) is 12.0. The van der Waals surface area contributed by atoms with Gasteiger partial charge in [-0.15, -0.1) is 0 Å². The summed E-state index contributed by atoms with van der Waals surface area (Å²) < 4.78 is 6.36. The third-order valence-corrected chi connectivity index (χ3v) is 9.60. The molecule has 1 amide bonds. The van der Waals surface area contributed by atoms with E-state index < -0.39 is 5.60 Å². The molecule has 1 aliphatic carbocycles. The van der Waals surface area contributed by atoms with Gasteiger partial charge < -0.3 is 15.0 Å². The zero-order valence-electron chi connectivity index (χ0n) is 20.6. The van der Waals surface area contributed by atoms with Crippen LogP contribution in [0.1, 0.15) is 58.4 Å². The summed E-state index contributed by atoms with van der Waals surface area (Å²) in [4.78, 5) is 20.6. The zero-order chi connectivity index (χ0) is 25.4. The number of ether oxygens (including phenoxy) is 1. The molecular weight excluding hydrogens is 569 g/mol. The summed E-state index contributed by atoms with van der Waals surface area (Å²) in [7, 11) is 0. The Morgan fingerprint density at radius 2 is 1.97 bits per heavy atom. The molecule has 1 saturated carbocycles. The van der Waals surface area contributed by atoms with E-state index in [0.29, 0.717) is 10.0 Å². The minimum atomic E-state index is -0.487. The number of amides is 1. The molecule has 190 valence electrons. The number of nitrogens with zero attached hydrogens (tertiary/aromatic N) is 2. The number of piperidine rings is 1. The molecule has 1 N–H and O–H groups in total. The Morgan fingerprint density at radius 1 is 1.26 bits per heavy atom. The van der Waals surface area contributed by atoms with E-state index in [0.717, 1.165) is 71.0 Å². The minimum absolute atomic E-state index is 0.140. The predicted molar refractivity (Wildman–Crippen MR) is 148 cm³/mol. The van der Waals surface area contributed by atoms with E-state index in [-0.39, 0.29) is 17.6 Å². The monoisotopic (exact) mass is 599 g/mol. The lowest BCUT2D eigenvalue weighted by Crippen LogP contribution is -2.51. The number of carbonyl (C=O) groups is 1. The van der Waals surface area contributed by atoms with Crippen LogP contribution in [0.3, 0.4) is 0 Å². The van der Waals surface area contributed by atoms with Gasteiger partial charge in [0.15, 0.2) is 0 Å². The fourth-order valence-corrected chi connectivity index (χ4v) is 7.20. The van der Waals surface area contributed by atoms with Crippen molar-refractivity contribution in [3.63, 3.8) is 0 Å². The highest BCUT2D eigenvalue weighted by molar-refractivity contribution is 9.10. The molecule has 1 atom stereocenters. The molecule has 9 heteroatoms. The van der Waals surface area contributed by atoms with E-state index in [1.807, 2.05) is 32.9 Å². The number of alkyl carbamates (subject to hydrolysis) is 1. The largest absolute Gasteiger partial charge is 0.444 e. The van der Waals surface area contributed by atoms with Crippen molar-refractivity contribution in [1.29, 1.82) is 0 Å². The van der Waals surface area contributed by atoms with E-state index in [1.165, 1.54) is 11.8 Å². The number of halogens is 3. The average molecular weight is 601 g/mol. The second kappa shape index (κ2) is 10.7. The second-order valence-corrected chi connectivity index (χ2v) is 13.1. The molecule has 2 aromatic rings. The van der Waals surface area contributed by atoms with Crippen LogP contribution in [-0.2, 0) is 4.74 Å². The summed E-state index contributed by atoms with van der Waals surface area (Å²) in [6, 6.07) is 8.00. The highest BCUT2D eigenvalue weighted by atomic mass is 79.9. The van der Waals surface area contributed by atoms with Gasteiger partial charge in [0.25, 0.3) is 0 Å². The van der Waals surface area contributed by atoms with Crippen LogP contribution in [0.5, 0.6) is 0 Å². The molecule has 1 aliphatic heterocycles. The third-order valence-electron chi connectivity index (χ3n) is 6.92. The van der Waals surface area contributed by atoms with Crippen molar-refractivity contribution in [2.45, 2.75) is 81.4 Å². The standard InChI is InChI=1S/C26H32BrCl2N3O2S/c1-16-15-18(22(27)31-23(16)35-19-8-5-7-17(28)21(19)29)32-13-11-26(12-14-32)10-6-9-20(26)30-24(33)34-25(2,3)4/h5,7-8,15,20H,6,9-14H2,1-4H3,(H,30,33)/t20-/m1/s1. The van der Waals surface area contributed by atoms with Gasteiger partial charge in [-0.25, -0.2) is 9.78 Å². The first-order chi connectivity index (χ1) is 16.5. The average Bonchev–Trinajstić information content (AvgIpc) is 3.14. The summed E-state index contributed by atoms with van der Waals surface area (Å²) in [6.45, 7) is 9.63. The van der Waals surface area contributed by atoms with Gasteiger partial charge in [-0.3, -0.25) is 0 Å². The molecule has 1 aromatic heterocycles. The lowest BCUT2D eigenvalue weighted by Gasteiger charge is -2.44. The quantitative estimate of drug-likeness (QED) is 0.358. The van der Waals surface area contributed by atoms with Crippen LogP contribution in [0.2, 0.25) is 10.0 Å². The third kappa shape index (κ3) is 6.23. The van der Waals surface area contributed by atoms with Gasteiger partial charge in [0, 0.05) is 24.0 Å². The lowest BCUT2D eigenvalue weighted by molar-refractivity contribution is 0.0442. The molecule has 2 fully saturated rings. The second-order valence-electron chi connectivity index (χ2n) is 10.5. The topological polar surface area (TPSA) is 54.5 Å². The van der Waals surface area contributed by atoms with E-state index in [9.17, 15) is 4.79 Å². The Labute approximate surface area is 230 Å². The number of benzene rings is 1. The highest BCUT2D eigenvalue weighted by Gasteiger charge is 2.46. The molecule has 0 radical (unpaired) electrons. The molecule has 4 rings (SSSR count). The molecule has 2 aliphatic rings. The van der Waals surface area contributed by atoms with Crippen molar-refractivity contribution < 1.29 is 9.53 Å². The number of aromatic nitrogens is 1. The number of nitrogens with one attached hydrogen (secondary N) is 1. The molecule has 1 aromatic carbocycles. The van der Waals surface area contributed by atoms with Gasteiger partial charge in [0.1, 0.15) is 15.2 Å². The van der Waals surface area contributed by atoms with Crippen LogP contribution in [0, 0.1) is 12.3 Å². The molecule has 1 spiro atoms. The van der Waals surface area contributed by atoms with Crippen LogP contribution >= 0.6 is 50.9 Å². The van der Waals surface area contributed by atoms with Gasteiger partial charge in [0.2, 0.25) is 0 Å². The number of hydrogen-bond acceptors (Lipinski definition) is 5. The Morgan fingerprint density at radius 3 is 2.66 bits per heavy atom.